The lowest BCUT2D eigenvalue weighted by molar-refractivity contribution is -0.121. The van der Waals surface area contributed by atoms with Crippen molar-refractivity contribution in [3.8, 4) is 0 Å². The quantitative estimate of drug-likeness (QED) is 0.649. The number of anilines is 1. The van der Waals surface area contributed by atoms with Crippen LogP contribution in [0.5, 0.6) is 0 Å². The molecule has 0 aliphatic heterocycles. The first-order valence-electron chi connectivity index (χ1n) is 6.95. The Morgan fingerprint density at radius 3 is 2.40 bits per heavy atom. The van der Waals surface area contributed by atoms with Crippen molar-refractivity contribution in [2.45, 2.75) is 46.1 Å². The van der Waals surface area contributed by atoms with Gasteiger partial charge in [-0.2, -0.15) is 0 Å². The van der Waals surface area contributed by atoms with E-state index in [-0.39, 0.29) is 11.9 Å². The molecule has 0 spiro atoms. The minimum atomic E-state index is -0.271. The fourth-order valence-electron chi connectivity index (χ4n) is 1.86. The summed E-state index contributed by atoms with van der Waals surface area (Å²) in [7, 11) is 0. The van der Waals surface area contributed by atoms with Crippen LogP contribution in [0.2, 0.25) is 0 Å². The number of aryl methyl sites for hydroxylation is 1. The standard InChI is InChI=1S/C15H22Br2N2O/c1-4-5-6-7-18-15(20)11(3)19-14-12(16)8-10(2)9-13(14)17/h8-9,11,19H,4-7H2,1-3H3,(H,18,20). The number of amides is 1. The van der Waals surface area contributed by atoms with Crippen molar-refractivity contribution in [2.75, 3.05) is 11.9 Å². The molecule has 0 radical (unpaired) electrons. The molecule has 0 aromatic heterocycles. The number of hydrogen-bond acceptors (Lipinski definition) is 2. The molecule has 3 nitrogen and oxygen atoms in total. The van der Waals surface area contributed by atoms with Gasteiger partial charge in [-0.25, -0.2) is 0 Å². The van der Waals surface area contributed by atoms with Gasteiger partial charge in [0.1, 0.15) is 6.04 Å². The van der Waals surface area contributed by atoms with Gasteiger partial charge in [0.25, 0.3) is 0 Å². The lowest BCUT2D eigenvalue weighted by Crippen LogP contribution is -2.38. The van der Waals surface area contributed by atoms with Crippen LogP contribution in [0.4, 0.5) is 5.69 Å². The molecule has 1 rings (SSSR count). The number of carbonyl (C=O) groups excluding carboxylic acids is 1. The van der Waals surface area contributed by atoms with Crippen LogP contribution >= 0.6 is 31.9 Å². The zero-order valence-electron chi connectivity index (χ0n) is 12.2. The molecule has 1 aromatic carbocycles. The molecule has 1 atom stereocenters. The monoisotopic (exact) mass is 404 g/mol. The zero-order chi connectivity index (χ0) is 15.1. The van der Waals surface area contributed by atoms with E-state index < -0.39 is 0 Å². The Balaban J connectivity index is 2.57. The van der Waals surface area contributed by atoms with E-state index in [4.69, 9.17) is 0 Å². The Hall–Kier alpha value is -0.550. The predicted octanol–water partition coefficient (Wildman–Crippen LogP) is 4.63. The van der Waals surface area contributed by atoms with Crippen LogP contribution < -0.4 is 10.6 Å². The molecule has 2 N–H and O–H groups in total. The molecule has 20 heavy (non-hydrogen) atoms. The highest BCUT2D eigenvalue weighted by Crippen LogP contribution is 2.32. The van der Waals surface area contributed by atoms with E-state index in [0.717, 1.165) is 46.0 Å². The van der Waals surface area contributed by atoms with E-state index in [9.17, 15) is 4.79 Å². The summed E-state index contributed by atoms with van der Waals surface area (Å²) in [4.78, 5) is 12.0. The SMILES string of the molecule is CCCCCNC(=O)C(C)Nc1c(Br)cc(C)cc1Br. The lowest BCUT2D eigenvalue weighted by atomic mass is 10.2. The van der Waals surface area contributed by atoms with E-state index in [0.29, 0.717) is 0 Å². The molecule has 1 amide bonds. The number of carbonyl (C=O) groups is 1. The Morgan fingerprint density at radius 1 is 1.25 bits per heavy atom. The van der Waals surface area contributed by atoms with Crippen molar-refractivity contribution in [1.29, 1.82) is 0 Å². The summed E-state index contributed by atoms with van der Waals surface area (Å²) in [6.07, 6.45) is 3.34. The molecule has 0 bridgehead atoms. The summed E-state index contributed by atoms with van der Waals surface area (Å²) < 4.78 is 1.91. The number of unbranched alkanes of at least 4 members (excludes halogenated alkanes) is 2. The molecule has 0 aliphatic carbocycles. The number of halogens is 2. The van der Waals surface area contributed by atoms with Gasteiger partial charge >= 0.3 is 0 Å². The summed E-state index contributed by atoms with van der Waals surface area (Å²) in [6.45, 7) is 6.80. The second-order valence-corrected chi connectivity index (χ2v) is 6.68. The highest BCUT2D eigenvalue weighted by atomic mass is 79.9. The fourth-order valence-corrected chi connectivity index (χ4v) is 3.50. The van der Waals surface area contributed by atoms with Gasteiger partial charge in [-0.15, -0.1) is 0 Å². The fraction of sp³-hybridized carbons (Fsp3) is 0.533. The average Bonchev–Trinajstić information content (AvgIpc) is 2.38. The molecule has 0 aliphatic rings. The van der Waals surface area contributed by atoms with Crippen LogP contribution in [0.15, 0.2) is 21.1 Å². The first-order chi connectivity index (χ1) is 9.45. The Labute approximate surface area is 138 Å². The smallest absolute Gasteiger partial charge is 0.242 e. The van der Waals surface area contributed by atoms with Crippen molar-refractivity contribution < 1.29 is 4.79 Å². The Kier molecular flexibility index (Phi) is 7.59. The second-order valence-electron chi connectivity index (χ2n) is 4.97. The molecule has 0 saturated heterocycles. The van der Waals surface area contributed by atoms with Crippen molar-refractivity contribution >= 4 is 43.5 Å². The minimum absolute atomic E-state index is 0.0282. The first kappa shape index (κ1) is 17.5. The van der Waals surface area contributed by atoms with Crippen LogP contribution in [-0.4, -0.2) is 18.5 Å². The van der Waals surface area contributed by atoms with E-state index in [1.807, 2.05) is 26.0 Å². The molecule has 0 heterocycles. The minimum Gasteiger partial charge on any atom is -0.372 e. The first-order valence-corrected chi connectivity index (χ1v) is 8.54. The average molecular weight is 406 g/mol. The van der Waals surface area contributed by atoms with E-state index in [1.54, 1.807) is 0 Å². The zero-order valence-corrected chi connectivity index (χ0v) is 15.4. The van der Waals surface area contributed by atoms with Gasteiger partial charge in [0.15, 0.2) is 0 Å². The molecule has 1 aromatic rings. The van der Waals surface area contributed by atoms with Crippen LogP contribution in [-0.2, 0) is 4.79 Å². The molecule has 112 valence electrons. The summed E-state index contributed by atoms with van der Waals surface area (Å²) in [5, 5.41) is 6.20. The molecular weight excluding hydrogens is 384 g/mol. The van der Waals surface area contributed by atoms with Gasteiger partial charge in [0, 0.05) is 15.5 Å². The third-order valence-corrected chi connectivity index (χ3v) is 4.27. The van der Waals surface area contributed by atoms with Crippen LogP contribution in [0.25, 0.3) is 0 Å². The normalized spacial score (nSPS) is 12.1. The second kappa shape index (κ2) is 8.67. The highest BCUT2D eigenvalue weighted by Gasteiger charge is 2.15. The Bertz CT molecular complexity index is 440. The molecular formula is C15H22Br2N2O. The van der Waals surface area contributed by atoms with Gasteiger partial charge in [0.05, 0.1) is 5.69 Å². The van der Waals surface area contributed by atoms with E-state index in [1.165, 1.54) is 0 Å². The van der Waals surface area contributed by atoms with Crippen LogP contribution in [0, 0.1) is 6.92 Å². The van der Waals surface area contributed by atoms with Gasteiger partial charge in [-0.1, -0.05) is 19.8 Å². The largest absolute Gasteiger partial charge is 0.372 e. The van der Waals surface area contributed by atoms with Gasteiger partial charge in [-0.05, 0) is 69.8 Å². The summed E-state index contributed by atoms with van der Waals surface area (Å²) in [5.74, 6) is 0.0282. The Morgan fingerprint density at radius 2 is 1.85 bits per heavy atom. The summed E-state index contributed by atoms with van der Waals surface area (Å²) in [5.41, 5.74) is 2.07. The van der Waals surface area contributed by atoms with E-state index in [2.05, 4.69) is 49.4 Å². The van der Waals surface area contributed by atoms with Gasteiger partial charge in [0.2, 0.25) is 5.91 Å². The van der Waals surface area contributed by atoms with Crippen molar-refractivity contribution in [3.63, 3.8) is 0 Å². The topological polar surface area (TPSA) is 41.1 Å². The molecule has 0 fully saturated rings. The molecule has 5 heteroatoms. The van der Waals surface area contributed by atoms with Crippen LogP contribution in [0.3, 0.4) is 0 Å². The third kappa shape index (κ3) is 5.44. The third-order valence-electron chi connectivity index (χ3n) is 3.02. The number of nitrogens with one attached hydrogen (secondary N) is 2. The van der Waals surface area contributed by atoms with Crippen molar-refractivity contribution in [2.24, 2.45) is 0 Å². The van der Waals surface area contributed by atoms with Gasteiger partial charge in [-0.3, -0.25) is 4.79 Å². The molecule has 1 unspecified atom stereocenters. The van der Waals surface area contributed by atoms with Crippen molar-refractivity contribution in [3.05, 3.63) is 26.6 Å². The highest BCUT2D eigenvalue weighted by molar-refractivity contribution is 9.11. The maximum atomic E-state index is 12.0. The lowest BCUT2D eigenvalue weighted by Gasteiger charge is -2.18. The number of hydrogen-bond donors (Lipinski definition) is 2. The maximum Gasteiger partial charge on any atom is 0.242 e. The summed E-state index contributed by atoms with van der Waals surface area (Å²) >= 11 is 7.05. The predicted molar refractivity (Wildman–Crippen MR) is 92.2 cm³/mol. The van der Waals surface area contributed by atoms with Crippen LogP contribution in [0.1, 0.15) is 38.7 Å². The molecule has 0 saturated carbocycles. The van der Waals surface area contributed by atoms with E-state index >= 15 is 0 Å². The van der Waals surface area contributed by atoms with Gasteiger partial charge < -0.3 is 10.6 Å². The summed E-state index contributed by atoms with van der Waals surface area (Å²) in [6, 6.07) is 3.78. The maximum absolute atomic E-state index is 12.0. The van der Waals surface area contributed by atoms with Crippen molar-refractivity contribution in [1.82, 2.24) is 5.32 Å². The number of rotatable bonds is 7. The number of benzene rings is 1.